The Hall–Kier alpha value is -2.54. The molecule has 0 saturated heterocycles. The molecule has 7 heteroatoms. The van der Waals surface area contributed by atoms with Crippen LogP contribution in [0.15, 0.2) is 53.1 Å². The van der Waals surface area contributed by atoms with E-state index in [2.05, 4.69) is 5.10 Å². The zero-order valence-electron chi connectivity index (χ0n) is 11.3. The molecule has 2 N–H and O–H groups in total. The van der Waals surface area contributed by atoms with Gasteiger partial charge < -0.3 is 10.2 Å². The number of nitrogens with two attached hydrogens (primary N) is 1. The van der Waals surface area contributed by atoms with E-state index in [4.69, 9.17) is 10.2 Å². The molecule has 0 radical (unpaired) electrons. The van der Waals surface area contributed by atoms with Gasteiger partial charge in [-0.2, -0.15) is 18.3 Å². The SMILES string of the molecule is NCc1cccc(-n2nc(C(F)(F)F)cc2-c2ccco2)c1. The summed E-state index contributed by atoms with van der Waals surface area (Å²) in [6.45, 7) is 0.289. The molecule has 0 atom stereocenters. The van der Waals surface area contributed by atoms with Crippen molar-refractivity contribution in [3.63, 3.8) is 0 Å². The van der Waals surface area contributed by atoms with Crippen molar-refractivity contribution in [1.82, 2.24) is 9.78 Å². The van der Waals surface area contributed by atoms with E-state index in [9.17, 15) is 13.2 Å². The second kappa shape index (κ2) is 5.34. The lowest BCUT2D eigenvalue weighted by Crippen LogP contribution is -2.07. The van der Waals surface area contributed by atoms with Gasteiger partial charge in [0.15, 0.2) is 11.5 Å². The molecule has 1 aromatic carbocycles. The van der Waals surface area contributed by atoms with Crippen LogP contribution in [-0.2, 0) is 12.7 Å². The lowest BCUT2D eigenvalue weighted by Gasteiger charge is -2.07. The molecule has 0 aliphatic rings. The summed E-state index contributed by atoms with van der Waals surface area (Å²) in [5.74, 6) is 0.307. The zero-order valence-corrected chi connectivity index (χ0v) is 11.3. The molecule has 0 aliphatic carbocycles. The van der Waals surface area contributed by atoms with Gasteiger partial charge in [-0.05, 0) is 29.8 Å². The van der Waals surface area contributed by atoms with Gasteiger partial charge in [0, 0.05) is 12.6 Å². The van der Waals surface area contributed by atoms with Gasteiger partial charge in [0.05, 0.1) is 12.0 Å². The molecule has 0 unspecified atom stereocenters. The lowest BCUT2D eigenvalue weighted by atomic mass is 10.2. The fourth-order valence-corrected chi connectivity index (χ4v) is 2.13. The van der Waals surface area contributed by atoms with E-state index in [1.54, 1.807) is 36.4 Å². The molecule has 22 heavy (non-hydrogen) atoms. The van der Waals surface area contributed by atoms with Gasteiger partial charge in [0.25, 0.3) is 0 Å². The minimum absolute atomic E-state index is 0.228. The molecule has 2 heterocycles. The first-order valence-electron chi connectivity index (χ1n) is 6.49. The Bertz CT molecular complexity index is 776. The first-order valence-corrected chi connectivity index (χ1v) is 6.49. The molecule has 4 nitrogen and oxygen atoms in total. The van der Waals surface area contributed by atoms with E-state index in [0.29, 0.717) is 11.4 Å². The Labute approximate surface area is 124 Å². The molecule has 0 fully saturated rings. The highest BCUT2D eigenvalue weighted by Crippen LogP contribution is 2.33. The van der Waals surface area contributed by atoms with E-state index >= 15 is 0 Å². The standard InChI is InChI=1S/C15H12F3N3O/c16-15(17,18)14-8-12(13-5-2-6-22-13)21(20-14)11-4-1-3-10(7-11)9-19/h1-8H,9,19H2. The van der Waals surface area contributed by atoms with Crippen molar-refractivity contribution in [2.45, 2.75) is 12.7 Å². The molecule has 0 amide bonds. The molecule has 114 valence electrons. The summed E-state index contributed by atoms with van der Waals surface area (Å²) in [5, 5.41) is 3.67. The van der Waals surface area contributed by atoms with Crippen LogP contribution in [-0.4, -0.2) is 9.78 Å². The number of hydrogen-bond donors (Lipinski definition) is 1. The Kier molecular flexibility index (Phi) is 3.50. The molecule has 3 aromatic rings. The highest BCUT2D eigenvalue weighted by atomic mass is 19.4. The van der Waals surface area contributed by atoms with E-state index in [1.165, 1.54) is 10.9 Å². The van der Waals surface area contributed by atoms with Gasteiger partial charge in [-0.1, -0.05) is 12.1 Å². The summed E-state index contributed by atoms with van der Waals surface area (Å²) in [6.07, 6.45) is -3.13. The van der Waals surface area contributed by atoms with Crippen LogP contribution in [0.3, 0.4) is 0 Å². The Morgan fingerprint density at radius 1 is 1.14 bits per heavy atom. The van der Waals surface area contributed by atoms with Crippen molar-refractivity contribution in [3.8, 4) is 17.1 Å². The first-order chi connectivity index (χ1) is 10.5. The van der Waals surface area contributed by atoms with Crippen LogP contribution in [0.5, 0.6) is 0 Å². The maximum atomic E-state index is 13.0. The van der Waals surface area contributed by atoms with Crippen molar-refractivity contribution < 1.29 is 17.6 Å². The summed E-state index contributed by atoms with van der Waals surface area (Å²) in [4.78, 5) is 0. The van der Waals surface area contributed by atoms with Crippen molar-refractivity contribution in [2.75, 3.05) is 0 Å². The summed E-state index contributed by atoms with van der Waals surface area (Å²) in [6, 6.07) is 11.0. The minimum Gasteiger partial charge on any atom is -0.463 e. The molecular formula is C15H12F3N3O. The zero-order chi connectivity index (χ0) is 15.7. The highest BCUT2D eigenvalue weighted by molar-refractivity contribution is 5.57. The second-order valence-electron chi connectivity index (χ2n) is 4.68. The number of furan rings is 1. The van der Waals surface area contributed by atoms with Crippen molar-refractivity contribution in [3.05, 3.63) is 60.0 Å². The summed E-state index contributed by atoms with van der Waals surface area (Å²) in [5.41, 5.74) is 6.12. The van der Waals surface area contributed by atoms with Crippen LogP contribution in [0, 0.1) is 0 Å². The van der Waals surface area contributed by atoms with E-state index in [0.717, 1.165) is 11.6 Å². The number of halogens is 3. The first kappa shape index (κ1) is 14.4. The van der Waals surface area contributed by atoms with Crippen LogP contribution in [0.2, 0.25) is 0 Å². The molecular weight excluding hydrogens is 295 g/mol. The van der Waals surface area contributed by atoms with Crippen molar-refractivity contribution in [1.29, 1.82) is 0 Å². The maximum Gasteiger partial charge on any atom is 0.435 e. The molecule has 0 aliphatic heterocycles. The van der Waals surface area contributed by atoms with Crippen LogP contribution in [0.1, 0.15) is 11.3 Å². The van der Waals surface area contributed by atoms with E-state index < -0.39 is 11.9 Å². The Morgan fingerprint density at radius 3 is 2.59 bits per heavy atom. The molecule has 0 saturated carbocycles. The molecule has 0 spiro atoms. The van der Waals surface area contributed by atoms with Gasteiger partial charge in [0.1, 0.15) is 5.69 Å². The third-order valence-electron chi connectivity index (χ3n) is 3.16. The summed E-state index contributed by atoms with van der Waals surface area (Å²) >= 11 is 0. The summed E-state index contributed by atoms with van der Waals surface area (Å²) < 4.78 is 45.3. The maximum absolute atomic E-state index is 13.0. The van der Waals surface area contributed by atoms with Crippen molar-refractivity contribution >= 4 is 0 Å². The third-order valence-corrected chi connectivity index (χ3v) is 3.16. The van der Waals surface area contributed by atoms with Crippen LogP contribution in [0.25, 0.3) is 17.1 Å². The number of rotatable bonds is 3. The number of nitrogens with zero attached hydrogens (tertiary/aromatic N) is 2. The quantitative estimate of drug-likeness (QED) is 0.804. The molecule has 3 rings (SSSR count). The predicted octanol–water partition coefficient (Wildman–Crippen LogP) is 3.61. The van der Waals surface area contributed by atoms with Gasteiger partial charge >= 0.3 is 6.18 Å². The predicted molar refractivity (Wildman–Crippen MR) is 74.2 cm³/mol. The third kappa shape index (κ3) is 2.62. The number of alkyl halides is 3. The molecule has 2 aromatic heterocycles. The van der Waals surface area contributed by atoms with Gasteiger partial charge in [0.2, 0.25) is 0 Å². The average Bonchev–Trinajstić information content (AvgIpc) is 3.15. The average molecular weight is 307 g/mol. The number of aromatic nitrogens is 2. The lowest BCUT2D eigenvalue weighted by molar-refractivity contribution is -0.141. The van der Waals surface area contributed by atoms with Crippen molar-refractivity contribution in [2.24, 2.45) is 5.73 Å². The minimum atomic E-state index is -4.53. The van der Waals surface area contributed by atoms with E-state index in [1.807, 2.05) is 0 Å². The van der Waals surface area contributed by atoms with Crippen LogP contribution >= 0.6 is 0 Å². The molecule has 0 bridgehead atoms. The monoisotopic (exact) mass is 307 g/mol. The fraction of sp³-hybridized carbons (Fsp3) is 0.133. The fourth-order valence-electron chi connectivity index (χ4n) is 2.13. The van der Waals surface area contributed by atoms with Gasteiger partial charge in [-0.25, -0.2) is 4.68 Å². The Morgan fingerprint density at radius 2 is 1.95 bits per heavy atom. The number of hydrogen-bond acceptors (Lipinski definition) is 3. The van der Waals surface area contributed by atoms with E-state index in [-0.39, 0.29) is 12.2 Å². The number of benzene rings is 1. The van der Waals surface area contributed by atoms with Gasteiger partial charge in [-0.15, -0.1) is 0 Å². The van der Waals surface area contributed by atoms with Gasteiger partial charge in [-0.3, -0.25) is 0 Å². The topological polar surface area (TPSA) is 57.0 Å². The van der Waals surface area contributed by atoms with Crippen LogP contribution in [0.4, 0.5) is 13.2 Å². The Balaban J connectivity index is 2.18. The van der Waals surface area contributed by atoms with Crippen LogP contribution < -0.4 is 5.73 Å². The summed E-state index contributed by atoms with van der Waals surface area (Å²) in [7, 11) is 0. The highest BCUT2D eigenvalue weighted by Gasteiger charge is 2.35. The largest absolute Gasteiger partial charge is 0.463 e. The smallest absolute Gasteiger partial charge is 0.435 e. The second-order valence-corrected chi connectivity index (χ2v) is 4.68. The normalized spacial score (nSPS) is 11.8.